The van der Waals surface area contributed by atoms with Crippen LogP contribution in [0, 0.1) is 11.8 Å². The van der Waals surface area contributed by atoms with Crippen LogP contribution in [0.4, 0.5) is 5.69 Å². The Hall–Kier alpha value is -1.52. The highest BCUT2D eigenvalue weighted by molar-refractivity contribution is 5.97. The first-order valence-electron chi connectivity index (χ1n) is 6.00. The second kappa shape index (κ2) is 5.70. The van der Waals surface area contributed by atoms with E-state index in [4.69, 9.17) is 5.73 Å². The van der Waals surface area contributed by atoms with E-state index in [0.717, 1.165) is 13.1 Å². The average molecular weight is 238 g/mol. The van der Waals surface area contributed by atoms with Crippen LogP contribution in [0.1, 0.15) is 38.2 Å². The molecule has 0 aliphatic rings. The van der Waals surface area contributed by atoms with Gasteiger partial charge in [-0.1, -0.05) is 27.7 Å². The Balaban J connectivity index is 2.82. The summed E-state index contributed by atoms with van der Waals surface area (Å²) in [5.74, 6) is 0.797. The van der Waals surface area contributed by atoms with Gasteiger partial charge in [0.15, 0.2) is 0 Å². The fraction of sp³-hybridized carbons (Fsp3) is 0.667. The van der Waals surface area contributed by atoms with Crippen molar-refractivity contribution in [1.29, 1.82) is 0 Å². The van der Waals surface area contributed by atoms with Gasteiger partial charge in [0.1, 0.15) is 5.69 Å². The minimum Gasteiger partial charge on any atom is -0.396 e. The number of aromatic amines is 1. The molecule has 0 radical (unpaired) electrons. The van der Waals surface area contributed by atoms with E-state index in [0.29, 0.717) is 23.2 Å². The van der Waals surface area contributed by atoms with Gasteiger partial charge >= 0.3 is 0 Å². The molecule has 5 heteroatoms. The van der Waals surface area contributed by atoms with Crippen molar-refractivity contribution in [3.05, 3.63) is 11.9 Å². The van der Waals surface area contributed by atoms with Crippen LogP contribution in [-0.2, 0) is 0 Å². The molecular formula is C12H22N4O. The Bertz CT molecular complexity index is 360. The highest BCUT2D eigenvalue weighted by atomic mass is 16.2. The fourth-order valence-electron chi connectivity index (χ4n) is 1.75. The number of nitrogens with one attached hydrogen (secondary N) is 1. The molecule has 1 aromatic rings. The molecule has 0 bridgehead atoms. The number of H-pyrrole nitrogens is 1. The summed E-state index contributed by atoms with van der Waals surface area (Å²) in [5, 5.41) is 6.45. The van der Waals surface area contributed by atoms with Crippen LogP contribution in [0.25, 0.3) is 0 Å². The van der Waals surface area contributed by atoms with E-state index in [9.17, 15) is 4.79 Å². The molecule has 5 nitrogen and oxygen atoms in total. The summed E-state index contributed by atoms with van der Waals surface area (Å²) in [5.41, 5.74) is 6.50. The van der Waals surface area contributed by atoms with E-state index in [1.54, 1.807) is 0 Å². The summed E-state index contributed by atoms with van der Waals surface area (Å²) in [6, 6.07) is 0. The largest absolute Gasteiger partial charge is 0.396 e. The Morgan fingerprint density at radius 1 is 1.35 bits per heavy atom. The van der Waals surface area contributed by atoms with Crippen molar-refractivity contribution in [3.8, 4) is 0 Å². The molecule has 1 amide bonds. The Morgan fingerprint density at radius 3 is 2.24 bits per heavy atom. The van der Waals surface area contributed by atoms with Crippen molar-refractivity contribution in [2.75, 3.05) is 18.8 Å². The van der Waals surface area contributed by atoms with Gasteiger partial charge in [0.25, 0.3) is 5.91 Å². The molecule has 96 valence electrons. The van der Waals surface area contributed by atoms with Gasteiger partial charge in [-0.05, 0) is 11.8 Å². The summed E-state index contributed by atoms with van der Waals surface area (Å²) in [7, 11) is 0. The van der Waals surface area contributed by atoms with Crippen molar-refractivity contribution in [2.45, 2.75) is 27.7 Å². The van der Waals surface area contributed by atoms with Crippen molar-refractivity contribution >= 4 is 11.6 Å². The highest BCUT2D eigenvalue weighted by Crippen LogP contribution is 2.13. The lowest BCUT2D eigenvalue weighted by Crippen LogP contribution is -2.37. The Labute approximate surface area is 102 Å². The van der Waals surface area contributed by atoms with E-state index in [-0.39, 0.29) is 5.91 Å². The first kappa shape index (κ1) is 13.5. The maximum absolute atomic E-state index is 12.3. The van der Waals surface area contributed by atoms with Gasteiger partial charge in [0, 0.05) is 13.1 Å². The molecule has 1 heterocycles. The van der Waals surface area contributed by atoms with E-state index in [2.05, 4.69) is 37.9 Å². The average Bonchev–Trinajstić information content (AvgIpc) is 2.61. The van der Waals surface area contributed by atoms with Crippen molar-refractivity contribution < 1.29 is 4.79 Å². The van der Waals surface area contributed by atoms with Crippen LogP contribution in [0.2, 0.25) is 0 Å². The summed E-state index contributed by atoms with van der Waals surface area (Å²) >= 11 is 0. The third-order valence-electron chi connectivity index (χ3n) is 2.34. The van der Waals surface area contributed by atoms with E-state index in [1.165, 1.54) is 6.20 Å². The second-order valence-electron chi connectivity index (χ2n) is 5.20. The lowest BCUT2D eigenvalue weighted by atomic mass is 10.1. The number of nitrogens with zero attached hydrogens (tertiary/aromatic N) is 2. The van der Waals surface area contributed by atoms with E-state index < -0.39 is 0 Å². The molecule has 0 aliphatic heterocycles. The predicted molar refractivity (Wildman–Crippen MR) is 68.6 cm³/mol. The number of carbonyl (C=O) groups is 1. The van der Waals surface area contributed by atoms with Crippen LogP contribution in [0.5, 0.6) is 0 Å². The lowest BCUT2D eigenvalue weighted by molar-refractivity contribution is 0.0710. The summed E-state index contributed by atoms with van der Waals surface area (Å²) < 4.78 is 0. The zero-order valence-corrected chi connectivity index (χ0v) is 11.0. The summed E-state index contributed by atoms with van der Waals surface area (Å²) in [4.78, 5) is 14.1. The SMILES string of the molecule is CC(C)CN(CC(C)C)C(=O)c1[nH]ncc1N. The highest BCUT2D eigenvalue weighted by Gasteiger charge is 2.21. The van der Waals surface area contributed by atoms with Crippen molar-refractivity contribution in [3.63, 3.8) is 0 Å². The van der Waals surface area contributed by atoms with Crippen LogP contribution in [0.3, 0.4) is 0 Å². The van der Waals surface area contributed by atoms with Crippen LogP contribution >= 0.6 is 0 Å². The molecule has 1 rings (SSSR count). The fourth-order valence-corrected chi connectivity index (χ4v) is 1.75. The molecule has 0 aromatic carbocycles. The van der Waals surface area contributed by atoms with Gasteiger partial charge in [-0.3, -0.25) is 9.89 Å². The second-order valence-corrected chi connectivity index (χ2v) is 5.20. The van der Waals surface area contributed by atoms with Gasteiger partial charge < -0.3 is 10.6 Å². The maximum Gasteiger partial charge on any atom is 0.274 e. The number of rotatable bonds is 5. The predicted octanol–water partition coefficient (Wildman–Crippen LogP) is 1.75. The van der Waals surface area contributed by atoms with E-state index in [1.807, 2.05) is 4.90 Å². The lowest BCUT2D eigenvalue weighted by Gasteiger charge is -2.26. The minimum absolute atomic E-state index is 0.0672. The number of nitrogen functional groups attached to an aromatic ring is 1. The first-order valence-corrected chi connectivity index (χ1v) is 6.00. The molecule has 0 saturated carbocycles. The molecule has 17 heavy (non-hydrogen) atoms. The van der Waals surface area contributed by atoms with Gasteiger partial charge in [-0.2, -0.15) is 5.10 Å². The van der Waals surface area contributed by atoms with Gasteiger partial charge in [-0.25, -0.2) is 0 Å². The maximum atomic E-state index is 12.3. The monoisotopic (exact) mass is 238 g/mol. The zero-order chi connectivity index (χ0) is 13.0. The number of nitrogens with two attached hydrogens (primary N) is 1. The van der Waals surface area contributed by atoms with E-state index >= 15 is 0 Å². The van der Waals surface area contributed by atoms with Crippen LogP contribution < -0.4 is 5.73 Å². The number of anilines is 1. The minimum atomic E-state index is -0.0672. The van der Waals surface area contributed by atoms with Gasteiger partial charge in [0.2, 0.25) is 0 Å². The van der Waals surface area contributed by atoms with Crippen molar-refractivity contribution in [1.82, 2.24) is 15.1 Å². The molecular weight excluding hydrogens is 216 g/mol. The topological polar surface area (TPSA) is 75.0 Å². The zero-order valence-electron chi connectivity index (χ0n) is 11.0. The molecule has 0 atom stereocenters. The first-order chi connectivity index (χ1) is 7.91. The van der Waals surface area contributed by atoms with Gasteiger partial charge in [0.05, 0.1) is 11.9 Å². The van der Waals surface area contributed by atoms with Crippen molar-refractivity contribution in [2.24, 2.45) is 11.8 Å². The van der Waals surface area contributed by atoms with Gasteiger partial charge in [-0.15, -0.1) is 0 Å². The van der Waals surface area contributed by atoms with Crippen LogP contribution in [-0.4, -0.2) is 34.1 Å². The molecule has 0 spiro atoms. The standard InChI is InChI=1S/C12H22N4O/c1-8(2)6-16(7-9(3)4)12(17)11-10(13)5-14-15-11/h5,8-9H,6-7,13H2,1-4H3,(H,14,15). The molecule has 1 aromatic heterocycles. The molecule has 0 saturated heterocycles. The quantitative estimate of drug-likeness (QED) is 0.820. The third-order valence-corrected chi connectivity index (χ3v) is 2.34. The Kier molecular flexibility index (Phi) is 4.54. The normalized spacial score (nSPS) is 11.2. The smallest absolute Gasteiger partial charge is 0.274 e. The molecule has 0 aliphatic carbocycles. The third kappa shape index (κ3) is 3.76. The summed E-state index contributed by atoms with van der Waals surface area (Å²) in [6.07, 6.45) is 1.47. The summed E-state index contributed by atoms with van der Waals surface area (Å²) in [6.45, 7) is 9.84. The molecule has 0 unspecified atom stereocenters. The molecule has 3 N–H and O–H groups in total. The number of aromatic nitrogens is 2. The number of hydrogen-bond acceptors (Lipinski definition) is 3. The molecule has 0 fully saturated rings. The van der Waals surface area contributed by atoms with Crippen LogP contribution in [0.15, 0.2) is 6.20 Å². The number of carbonyl (C=O) groups excluding carboxylic acids is 1. The number of hydrogen-bond donors (Lipinski definition) is 2. The number of amides is 1. The Morgan fingerprint density at radius 2 is 1.88 bits per heavy atom.